The molecule has 2 heterocycles. The lowest BCUT2D eigenvalue weighted by atomic mass is 9.79. The van der Waals surface area contributed by atoms with Crippen LogP contribution in [0.1, 0.15) is 32.6 Å². The number of nitrogens with zero attached hydrogens (tertiary/aromatic N) is 4. The fourth-order valence-corrected chi connectivity index (χ4v) is 2.86. The molecule has 1 N–H and O–H groups in total. The van der Waals surface area contributed by atoms with Gasteiger partial charge in [-0.3, -0.25) is 4.98 Å². The molecule has 1 aliphatic rings. The lowest BCUT2D eigenvalue weighted by Gasteiger charge is -2.35. The van der Waals surface area contributed by atoms with Crippen LogP contribution in [-0.4, -0.2) is 30.2 Å². The highest BCUT2D eigenvalue weighted by Crippen LogP contribution is 2.33. The van der Waals surface area contributed by atoms with E-state index in [4.69, 9.17) is 0 Å². The van der Waals surface area contributed by atoms with Crippen molar-refractivity contribution < 1.29 is 5.11 Å². The second-order valence-electron chi connectivity index (χ2n) is 5.88. The predicted molar refractivity (Wildman–Crippen MR) is 75.8 cm³/mol. The first kappa shape index (κ1) is 13.2. The van der Waals surface area contributed by atoms with E-state index in [0.29, 0.717) is 6.54 Å². The highest BCUT2D eigenvalue weighted by atomic mass is 16.3. The quantitative estimate of drug-likeness (QED) is 0.931. The van der Waals surface area contributed by atoms with Crippen LogP contribution < -0.4 is 0 Å². The first-order valence-electron chi connectivity index (χ1n) is 7.16. The van der Waals surface area contributed by atoms with E-state index in [9.17, 15) is 5.11 Å². The summed E-state index contributed by atoms with van der Waals surface area (Å²) in [5, 5.41) is 10.7. The molecule has 5 heteroatoms. The monoisotopic (exact) mass is 272 g/mol. The van der Waals surface area contributed by atoms with Gasteiger partial charge in [0.05, 0.1) is 18.3 Å². The highest BCUT2D eigenvalue weighted by Gasteiger charge is 2.32. The van der Waals surface area contributed by atoms with Gasteiger partial charge in [-0.15, -0.1) is 0 Å². The van der Waals surface area contributed by atoms with Gasteiger partial charge in [-0.25, -0.2) is 9.97 Å². The number of hydrogen-bond donors (Lipinski definition) is 1. The average molecular weight is 272 g/mol. The number of aromatic nitrogens is 4. The van der Waals surface area contributed by atoms with Crippen LogP contribution in [0.15, 0.2) is 31.0 Å². The maximum Gasteiger partial charge on any atom is 0.160 e. The van der Waals surface area contributed by atoms with Crippen LogP contribution in [0, 0.1) is 5.92 Å². The van der Waals surface area contributed by atoms with E-state index in [0.717, 1.165) is 43.1 Å². The first-order chi connectivity index (χ1) is 9.66. The van der Waals surface area contributed by atoms with Gasteiger partial charge in [0, 0.05) is 24.8 Å². The summed E-state index contributed by atoms with van der Waals surface area (Å²) in [6, 6.07) is 0. The van der Waals surface area contributed by atoms with Crippen molar-refractivity contribution >= 4 is 0 Å². The second kappa shape index (κ2) is 5.32. The molecule has 0 unspecified atom stereocenters. The Morgan fingerprint density at radius 3 is 2.75 bits per heavy atom. The van der Waals surface area contributed by atoms with E-state index >= 15 is 0 Å². The van der Waals surface area contributed by atoms with E-state index in [2.05, 4.69) is 21.9 Å². The van der Waals surface area contributed by atoms with E-state index in [1.165, 1.54) is 0 Å². The van der Waals surface area contributed by atoms with Gasteiger partial charge >= 0.3 is 0 Å². The molecule has 0 spiro atoms. The van der Waals surface area contributed by atoms with Crippen LogP contribution >= 0.6 is 0 Å². The molecule has 5 nitrogen and oxygen atoms in total. The molecule has 0 aromatic carbocycles. The van der Waals surface area contributed by atoms with Gasteiger partial charge in [-0.2, -0.15) is 0 Å². The third-order valence-electron chi connectivity index (χ3n) is 4.18. The van der Waals surface area contributed by atoms with Gasteiger partial charge in [-0.1, -0.05) is 6.92 Å². The lowest BCUT2D eigenvalue weighted by molar-refractivity contribution is -0.0214. The molecule has 1 fully saturated rings. The van der Waals surface area contributed by atoms with Crippen LogP contribution in [-0.2, 0) is 6.54 Å². The maximum absolute atomic E-state index is 10.7. The van der Waals surface area contributed by atoms with Crippen LogP contribution in [0.3, 0.4) is 0 Å². The summed E-state index contributed by atoms with van der Waals surface area (Å²) < 4.78 is 1.99. The Morgan fingerprint density at radius 2 is 2.05 bits per heavy atom. The van der Waals surface area contributed by atoms with Gasteiger partial charge in [-0.05, 0) is 31.6 Å². The average Bonchev–Trinajstić information content (AvgIpc) is 2.91. The molecule has 3 rings (SSSR count). The Balaban J connectivity index is 1.81. The fraction of sp³-hybridized carbons (Fsp3) is 0.533. The molecule has 20 heavy (non-hydrogen) atoms. The van der Waals surface area contributed by atoms with Gasteiger partial charge in [0.1, 0.15) is 5.69 Å². The maximum atomic E-state index is 10.7. The molecule has 0 aliphatic heterocycles. The third-order valence-corrected chi connectivity index (χ3v) is 4.18. The smallest absolute Gasteiger partial charge is 0.160 e. The Labute approximate surface area is 118 Å². The zero-order valence-electron chi connectivity index (χ0n) is 11.7. The van der Waals surface area contributed by atoms with Crippen LogP contribution in [0.2, 0.25) is 0 Å². The predicted octanol–water partition coefficient (Wildman–Crippen LogP) is 2.28. The Kier molecular flexibility index (Phi) is 3.53. The number of hydrogen-bond acceptors (Lipinski definition) is 4. The standard InChI is InChI=1S/C15H20N4O/c1-12-2-4-15(20,5-3-12)11-19-9-8-18-14(19)13-10-16-6-7-17-13/h6-10,12,20H,2-5,11H2,1H3. The normalized spacial score (nSPS) is 26.6. The second-order valence-corrected chi connectivity index (χ2v) is 5.88. The molecule has 0 saturated heterocycles. The lowest BCUT2D eigenvalue weighted by Crippen LogP contribution is -2.38. The van der Waals surface area contributed by atoms with E-state index in [-0.39, 0.29) is 0 Å². The van der Waals surface area contributed by atoms with Crippen molar-refractivity contribution in [2.45, 2.75) is 44.8 Å². The van der Waals surface area contributed by atoms with Gasteiger partial charge < -0.3 is 9.67 Å². The summed E-state index contributed by atoms with van der Waals surface area (Å²) in [5.41, 5.74) is 0.120. The van der Waals surface area contributed by atoms with Crippen LogP contribution in [0.4, 0.5) is 0 Å². The zero-order chi connectivity index (χ0) is 14.0. The summed E-state index contributed by atoms with van der Waals surface area (Å²) >= 11 is 0. The molecule has 0 radical (unpaired) electrons. The van der Waals surface area contributed by atoms with Crippen molar-refractivity contribution in [2.75, 3.05) is 0 Å². The fourth-order valence-electron chi connectivity index (χ4n) is 2.86. The van der Waals surface area contributed by atoms with Gasteiger partial charge in [0.15, 0.2) is 5.82 Å². The topological polar surface area (TPSA) is 63.8 Å². The molecule has 2 aromatic heterocycles. The summed E-state index contributed by atoms with van der Waals surface area (Å²) in [6.45, 7) is 2.83. The van der Waals surface area contributed by atoms with Crippen molar-refractivity contribution in [1.82, 2.24) is 19.5 Å². The molecule has 2 aromatic rings. The van der Waals surface area contributed by atoms with Gasteiger partial charge in [0.2, 0.25) is 0 Å². The van der Waals surface area contributed by atoms with Crippen molar-refractivity contribution in [3.63, 3.8) is 0 Å². The largest absolute Gasteiger partial charge is 0.388 e. The van der Waals surface area contributed by atoms with E-state index in [1.54, 1.807) is 24.8 Å². The van der Waals surface area contributed by atoms with Gasteiger partial charge in [0.25, 0.3) is 0 Å². The Hall–Kier alpha value is -1.75. The summed E-state index contributed by atoms with van der Waals surface area (Å²) in [7, 11) is 0. The van der Waals surface area contributed by atoms with Crippen LogP contribution in [0.5, 0.6) is 0 Å². The number of aliphatic hydroxyl groups is 1. The molecule has 0 bridgehead atoms. The van der Waals surface area contributed by atoms with Crippen molar-refractivity contribution in [3.05, 3.63) is 31.0 Å². The first-order valence-corrected chi connectivity index (χ1v) is 7.16. The molecular weight excluding hydrogens is 252 g/mol. The molecular formula is C15H20N4O. The minimum absolute atomic E-state index is 0.575. The number of imidazole rings is 1. The zero-order valence-corrected chi connectivity index (χ0v) is 11.7. The summed E-state index contributed by atoms with van der Waals surface area (Å²) in [6.07, 6.45) is 12.5. The molecule has 0 atom stereocenters. The van der Waals surface area contributed by atoms with E-state index in [1.807, 2.05) is 10.8 Å². The van der Waals surface area contributed by atoms with E-state index < -0.39 is 5.60 Å². The van der Waals surface area contributed by atoms with Crippen molar-refractivity contribution in [2.24, 2.45) is 5.92 Å². The third kappa shape index (κ3) is 2.72. The summed E-state index contributed by atoms with van der Waals surface area (Å²) in [5.74, 6) is 1.49. The Morgan fingerprint density at radius 1 is 1.25 bits per heavy atom. The number of rotatable bonds is 3. The molecule has 1 saturated carbocycles. The minimum atomic E-state index is -0.621. The summed E-state index contributed by atoms with van der Waals surface area (Å²) in [4.78, 5) is 12.7. The highest BCUT2D eigenvalue weighted by molar-refractivity contribution is 5.47. The SMILES string of the molecule is CC1CCC(O)(Cn2ccnc2-c2cnccn2)CC1. The molecule has 106 valence electrons. The van der Waals surface area contributed by atoms with Crippen molar-refractivity contribution in [3.8, 4) is 11.5 Å². The minimum Gasteiger partial charge on any atom is -0.388 e. The Bertz CT molecular complexity index is 558. The van der Waals surface area contributed by atoms with Crippen molar-refractivity contribution in [1.29, 1.82) is 0 Å². The molecule has 1 aliphatic carbocycles. The molecule has 0 amide bonds. The van der Waals surface area contributed by atoms with Crippen LogP contribution in [0.25, 0.3) is 11.5 Å².